The van der Waals surface area contributed by atoms with Crippen LogP contribution in [0.25, 0.3) is 6.08 Å². The van der Waals surface area contributed by atoms with E-state index in [-0.39, 0.29) is 16.4 Å². The Morgan fingerprint density at radius 1 is 1.19 bits per heavy atom. The van der Waals surface area contributed by atoms with Crippen molar-refractivity contribution >= 4 is 46.9 Å². The van der Waals surface area contributed by atoms with Gasteiger partial charge in [0.1, 0.15) is 5.57 Å². The first-order valence-corrected chi connectivity index (χ1v) is 9.85. The van der Waals surface area contributed by atoms with Crippen LogP contribution >= 0.6 is 12.2 Å². The average Bonchev–Trinajstić information content (AvgIpc) is 2.73. The van der Waals surface area contributed by atoms with Gasteiger partial charge < -0.3 is 14.6 Å². The number of nitrogens with one attached hydrogen (secondary N) is 1. The second-order valence-electron chi connectivity index (χ2n) is 6.53. The third-order valence-corrected chi connectivity index (χ3v) is 4.63. The molecule has 2 amide bonds. The highest BCUT2D eigenvalue weighted by molar-refractivity contribution is 7.80. The lowest BCUT2D eigenvalue weighted by Crippen LogP contribution is -2.54. The van der Waals surface area contributed by atoms with Gasteiger partial charge in [0.15, 0.2) is 22.7 Å². The molecule has 0 bridgehead atoms. The summed E-state index contributed by atoms with van der Waals surface area (Å²) >= 11 is 5.18. The predicted molar refractivity (Wildman–Crippen MR) is 118 cm³/mol. The van der Waals surface area contributed by atoms with Crippen molar-refractivity contribution < 1.29 is 29.0 Å². The van der Waals surface area contributed by atoms with Gasteiger partial charge in [-0.1, -0.05) is 24.3 Å². The van der Waals surface area contributed by atoms with Crippen LogP contribution in [0.2, 0.25) is 0 Å². The van der Waals surface area contributed by atoms with Gasteiger partial charge in [-0.25, -0.2) is 4.79 Å². The van der Waals surface area contributed by atoms with Crippen molar-refractivity contribution in [3.05, 3.63) is 59.7 Å². The van der Waals surface area contributed by atoms with Crippen LogP contribution in [0.5, 0.6) is 11.5 Å². The van der Waals surface area contributed by atoms with Crippen LogP contribution in [0.1, 0.15) is 19.4 Å². The zero-order valence-corrected chi connectivity index (χ0v) is 17.6. The summed E-state index contributed by atoms with van der Waals surface area (Å²) in [6.07, 6.45) is 0.344. The minimum Gasteiger partial charge on any atom is -0.490 e. The van der Waals surface area contributed by atoms with Gasteiger partial charge in [-0.2, -0.15) is 0 Å². The molecule has 1 atom stereocenters. The summed E-state index contributed by atoms with van der Waals surface area (Å²) in [7, 11) is 0. The quantitative estimate of drug-likeness (QED) is 0.387. The Bertz CT molecular complexity index is 1070. The van der Waals surface area contributed by atoms with Crippen molar-refractivity contribution in [2.45, 2.75) is 20.0 Å². The molecule has 1 aliphatic heterocycles. The van der Waals surface area contributed by atoms with Gasteiger partial charge >= 0.3 is 5.97 Å². The van der Waals surface area contributed by atoms with Gasteiger partial charge in [0.05, 0.1) is 12.3 Å². The standard InChI is InChI=1S/C22H20N2O6S/c1-3-29-18-12-14(9-10-17(18)30-13(2)21(27)28)11-16-19(25)23-22(31)24(20(16)26)15-7-5-4-6-8-15/h4-13H,3H2,1-2H3,(H,27,28)(H,23,25,31)/b16-11-/t13-/m1/s1. The minimum absolute atomic E-state index is 0.000221. The first-order valence-electron chi connectivity index (χ1n) is 9.44. The number of carbonyl (C=O) groups excluding carboxylic acids is 2. The summed E-state index contributed by atoms with van der Waals surface area (Å²) < 4.78 is 11.0. The number of amides is 2. The van der Waals surface area contributed by atoms with E-state index in [0.717, 1.165) is 0 Å². The highest BCUT2D eigenvalue weighted by Crippen LogP contribution is 2.31. The van der Waals surface area contributed by atoms with Gasteiger partial charge in [-0.05, 0) is 62.0 Å². The lowest BCUT2D eigenvalue weighted by atomic mass is 10.1. The fourth-order valence-electron chi connectivity index (χ4n) is 2.86. The third kappa shape index (κ3) is 4.89. The number of ether oxygens (including phenoxy) is 2. The SMILES string of the molecule is CCOc1cc(/C=C2/C(=O)NC(=S)N(c3ccccc3)C2=O)ccc1O[C@H](C)C(=O)O. The van der Waals surface area contributed by atoms with Crippen molar-refractivity contribution in [1.29, 1.82) is 0 Å². The van der Waals surface area contributed by atoms with Crippen molar-refractivity contribution in [2.24, 2.45) is 0 Å². The van der Waals surface area contributed by atoms with Crippen LogP contribution in [-0.4, -0.2) is 40.7 Å². The lowest BCUT2D eigenvalue weighted by molar-refractivity contribution is -0.144. The molecule has 1 saturated heterocycles. The Morgan fingerprint density at radius 2 is 1.90 bits per heavy atom. The highest BCUT2D eigenvalue weighted by Gasteiger charge is 2.34. The summed E-state index contributed by atoms with van der Waals surface area (Å²) in [6.45, 7) is 3.49. The molecule has 0 unspecified atom stereocenters. The molecule has 3 rings (SSSR count). The van der Waals surface area contributed by atoms with E-state index in [2.05, 4.69) is 5.32 Å². The zero-order chi connectivity index (χ0) is 22.5. The van der Waals surface area contributed by atoms with E-state index in [1.165, 1.54) is 24.0 Å². The van der Waals surface area contributed by atoms with E-state index < -0.39 is 23.9 Å². The summed E-state index contributed by atoms with van der Waals surface area (Å²) in [5.41, 5.74) is 0.926. The summed E-state index contributed by atoms with van der Waals surface area (Å²) in [6, 6.07) is 13.4. The number of hydrogen-bond acceptors (Lipinski definition) is 6. The second-order valence-corrected chi connectivity index (χ2v) is 6.92. The predicted octanol–water partition coefficient (Wildman–Crippen LogP) is 2.77. The number of para-hydroxylation sites is 1. The molecule has 0 aromatic heterocycles. The van der Waals surface area contributed by atoms with E-state index in [1.54, 1.807) is 49.4 Å². The van der Waals surface area contributed by atoms with E-state index in [4.69, 9.17) is 26.8 Å². The first-order chi connectivity index (χ1) is 14.8. The largest absolute Gasteiger partial charge is 0.490 e. The van der Waals surface area contributed by atoms with E-state index in [9.17, 15) is 14.4 Å². The number of carbonyl (C=O) groups is 3. The highest BCUT2D eigenvalue weighted by atomic mass is 32.1. The van der Waals surface area contributed by atoms with Gasteiger partial charge in [-0.15, -0.1) is 0 Å². The maximum atomic E-state index is 13.0. The molecule has 1 aliphatic rings. The molecule has 1 heterocycles. The van der Waals surface area contributed by atoms with E-state index in [1.807, 2.05) is 0 Å². The molecular formula is C22H20N2O6S. The smallest absolute Gasteiger partial charge is 0.344 e. The second kappa shape index (κ2) is 9.40. The maximum Gasteiger partial charge on any atom is 0.344 e. The van der Waals surface area contributed by atoms with Gasteiger partial charge in [0.2, 0.25) is 0 Å². The van der Waals surface area contributed by atoms with Crippen molar-refractivity contribution in [3.63, 3.8) is 0 Å². The normalized spacial score (nSPS) is 16.1. The number of thiocarbonyl (C=S) groups is 1. The molecule has 0 radical (unpaired) electrons. The number of aliphatic carboxylic acids is 1. The molecule has 2 aromatic carbocycles. The molecule has 0 spiro atoms. The number of rotatable bonds is 7. The Morgan fingerprint density at radius 3 is 2.55 bits per heavy atom. The van der Waals surface area contributed by atoms with E-state index >= 15 is 0 Å². The van der Waals surface area contributed by atoms with Crippen molar-refractivity contribution in [2.75, 3.05) is 11.5 Å². The molecule has 2 aromatic rings. The number of benzene rings is 2. The average molecular weight is 440 g/mol. The van der Waals surface area contributed by atoms with E-state index in [0.29, 0.717) is 23.6 Å². The Labute approximate surface area is 184 Å². The molecule has 0 saturated carbocycles. The van der Waals surface area contributed by atoms with Crippen LogP contribution in [-0.2, 0) is 14.4 Å². The van der Waals surface area contributed by atoms with Crippen molar-refractivity contribution in [1.82, 2.24) is 5.32 Å². The topological polar surface area (TPSA) is 105 Å². The molecular weight excluding hydrogens is 420 g/mol. The van der Waals surface area contributed by atoms with Crippen molar-refractivity contribution in [3.8, 4) is 11.5 Å². The van der Waals surface area contributed by atoms with Gasteiger partial charge in [-0.3, -0.25) is 19.8 Å². The maximum absolute atomic E-state index is 13.0. The molecule has 9 heteroatoms. The van der Waals surface area contributed by atoms with Gasteiger partial charge in [0.25, 0.3) is 11.8 Å². The van der Waals surface area contributed by atoms with Gasteiger partial charge in [0, 0.05) is 0 Å². The molecule has 1 fully saturated rings. The molecule has 2 N–H and O–H groups in total. The summed E-state index contributed by atoms with van der Waals surface area (Å²) in [4.78, 5) is 37.8. The number of carboxylic acid groups (broad SMARTS) is 1. The fraction of sp³-hybridized carbons (Fsp3) is 0.182. The fourth-order valence-corrected chi connectivity index (χ4v) is 3.14. The molecule has 0 aliphatic carbocycles. The Kier molecular flexibility index (Phi) is 6.66. The Hall–Kier alpha value is -3.72. The summed E-state index contributed by atoms with van der Waals surface area (Å²) in [5, 5.41) is 11.6. The molecule has 31 heavy (non-hydrogen) atoms. The Balaban J connectivity index is 1.96. The number of nitrogens with zero attached hydrogens (tertiary/aromatic N) is 1. The molecule has 8 nitrogen and oxygen atoms in total. The number of hydrogen-bond donors (Lipinski definition) is 2. The summed E-state index contributed by atoms with van der Waals surface area (Å²) in [5.74, 6) is -1.75. The van der Waals surface area contributed by atoms with Crippen LogP contribution < -0.4 is 19.7 Å². The monoisotopic (exact) mass is 440 g/mol. The third-order valence-electron chi connectivity index (χ3n) is 4.35. The first kappa shape index (κ1) is 22.0. The van der Waals surface area contributed by atoms with Crippen LogP contribution in [0, 0.1) is 0 Å². The minimum atomic E-state index is -1.12. The zero-order valence-electron chi connectivity index (χ0n) is 16.8. The van der Waals surface area contributed by atoms with Crippen LogP contribution in [0.15, 0.2) is 54.1 Å². The number of anilines is 1. The van der Waals surface area contributed by atoms with Crippen LogP contribution in [0.3, 0.4) is 0 Å². The lowest BCUT2D eigenvalue weighted by Gasteiger charge is -2.28. The van der Waals surface area contributed by atoms with Crippen LogP contribution in [0.4, 0.5) is 5.69 Å². The molecule has 160 valence electrons. The number of carboxylic acids is 1.